The first-order chi connectivity index (χ1) is 23.6. The Kier molecular flexibility index (Phi) is 12.0. The lowest BCUT2D eigenvalue weighted by Crippen LogP contribution is -2.31. The summed E-state index contributed by atoms with van der Waals surface area (Å²) in [6.07, 6.45) is 3.85. The lowest BCUT2D eigenvalue weighted by atomic mass is 10.1. The summed E-state index contributed by atoms with van der Waals surface area (Å²) in [6, 6.07) is 42.4. The number of nitrogens with zero attached hydrogens (tertiary/aromatic N) is 2. The maximum Gasteiger partial charge on any atom is 0.258 e. The first kappa shape index (κ1) is 33.5. The smallest absolute Gasteiger partial charge is 0.258 e. The van der Waals surface area contributed by atoms with Crippen LogP contribution in [0.25, 0.3) is 0 Å². The van der Waals surface area contributed by atoms with E-state index in [1.54, 1.807) is 0 Å². The molecule has 0 aromatic heterocycles. The van der Waals surface area contributed by atoms with Gasteiger partial charge in [-0.05, 0) is 97.8 Å². The average Bonchev–Trinajstić information content (AvgIpc) is 3.15. The molecule has 4 heteroatoms. The van der Waals surface area contributed by atoms with Crippen molar-refractivity contribution in [2.45, 2.75) is 39.5 Å². The van der Waals surface area contributed by atoms with Gasteiger partial charge in [0.15, 0.2) is 0 Å². The van der Waals surface area contributed by atoms with E-state index >= 15 is 0 Å². The van der Waals surface area contributed by atoms with Crippen LogP contribution in [0.3, 0.4) is 0 Å². The highest BCUT2D eigenvalue weighted by atomic mass is 16.2. The molecular formula is C44H40N2O2. The van der Waals surface area contributed by atoms with Gasteiger partial charge in [-0.3, -0.25) is 9.59 Å². The summed E-state index contributed by atoms with van der Waals surface area (Å²) in [5.41, 5.74) is 6.48. The number of anilines is 2. The lowest BCUT2D eigenvalue weighted by Gasteiger charge is -2.23. The third-order valence-corrected chi connectivity index (χ3v) is 7.97. The third-order valence-electron chi connectivity index (χ3n) is 7.97. The number of rotatable bonds is 10. The molecule has 5 aromatic carbocycles. The summed E-state index contributed by atoms with van der Waals surface area (Å²) >= 11 is 0. The van der Waals surface area contributed by atoms with Crippen LogP contribution in [0.2, 0.25) is 0 Å². The fourth-order valence-corrected chi connectivity index (χ4v) is 5.23. The van der Waals surface area contributed by atoms with Crippen molar-refractivity contribution >= 4 is 23.2 Å². The number of carbonyl (C=O) groups excluding carboxylic acids is 2. The predicted molar refractivity (Wildman–Crippen MR) is 197 cm³/mol. The van der Waals surface area contributed by atoms with Gasteiger partial charge >= 0.3 is 0 Å². The van der Waals surface area contributed by atoms with Gasteiger partial charge in [0.05, 0.1) is 0 Å². The van der Waals surface area contributed by atoms with Gasteiger partial charge in [0.25, 0.3) is 11.8 Å². The molecule has 0 bridgehead atoms. The van der Waals surface area contributed by atoms with Crippen molar-refractivity contribution in [2.75, 3.05) is 22.9 Å². The number of amides is 2. The van der Waals surface area contributed by atoms with E-state index in [9.17, 15) is 9.59 Å². The number of carbonyl (C=O) groups is 2. The zero-order valence-electron chi connectivity index (χ0n) is 27.7. The minimum absolute atomic E-state index is 0.000446. The van der Waals surface area contributed by atoms with E-state index in [0.29, 0.717) is 24.2 Å². The van der Waals surface area contributed by atoms with E-state index in [0.717, 1.165) is 59.3 Å². The standard InChI is InChI=1S/C44H40N2O2/c1-3-5-33-45(43(47)39-17-9-7-10-18-39)41-29-23-35(24-30-41)21-27-37-15-13-14-16-38(37)28-22-36-25-31-42(32-26-36)46(34-6-4-2)44(48)40-19-11-8-12-20-40/h7-20,23-26,29-32H,3-6,33-34H2,1-2H3. The van der Waals surface area contributed by atoms with Gasteiger partial charge in [-0.25, -0.2) is 0 Å². The fourth-order valence-electron chi connectivity index (χ4n) is 5.23. The summed E-state index contributed by atoms with van der Waals surface area (Å²) in [7, 11) is 0. The molecule has 0 saturated carbocycles. The first-order valence-electron chi connectivity index (χ1n) is 16.6. The van der Waals surface area contributed by atoms with Crippen molar-refractivity contribution in [3.63, 3.8) is 0 Å². The maximum absolute atomic E-state index is 13.3. The second-order valence-electron chi connectivity index (χ2n) is 11.5. The second-order valence-corrected chi connectivity index (χ2v) is 11.5. The number of benzene rings is 5. The van der Waals surface area contributed by atoms with Crippen LogP contribution < -0.4 is 9.80 Å². The minimum Gasteiger partial charge on any atom is -0.308 e. The second kappa shape index (κ2) is 17.2. The molecule has 5 rings (SSSR count). The third kappa shape index (κ3) is 8.91. The Labute approximate surface area is 285 Å². The van der Waals surface area contributed by atoms with Gasteiger partial charge in [0.2, 0.25) is 0 Å². The van der Waals surface area contributed by atoms with E-state index < -0.39 is 0 Å². The van der Waals surface area contributed by atoms with E-state index in [1.807, 2.05) is 143 Å². The highest BCUT2D eigenvalue weighted by Gasteiger charge is 2.18. The monoisotopic (exact) mass is 628 g/mol. The van der Waals surface area contributed by atoms with Crippen molar-refractivity contribution in [1.82, 2.24) is 0 Å². The Morgan fingerprint density at radius 1 is 0.458 bits per heavy atom. The van der Waals surface area contributed by atoms with Crippen LogP contribution in [0.5, 0.6) is 0 Å². The van der Waals surface area contributed by atoms with E-state index in [1.165, 1.54) is 0 Å². The lowest BCUT2D eigenvalue weighted by molar-refractivity contribution is 0.0978. The van der Waals surface area contributed by atoms with E-state index in [-0.39, 0.29) is 11.8 Å². The Morgan fingerprint density at radius 3 is 1.17 bits per heavy atom. The summed E-state index contributed by atoms with van der Waals surface area (Å²) in [6.45, 7) is 5.57. The van der Waals surface area contributed by atoms with Crippen LogP contribution in [0.4, 0.5) is 11.4 Å². The Hall–Kier alpha value is -5.84. The highest BCUT2D eigenvalue weighted by Crippen LogP contribution is 2.21. The summed E-state index contributed by atoms with van der Waals surface area (Å²) < 4.78 is 0. The zero-order valence-corrected chi connectivity index (χ0v) is 27.7. The van der Waals surface area contributed by atoms with Crippen molar-refractivity contribution in [3.8, 4) is 23.7 Å². The van der Waals surface area contributed by atoms with E-state index in [4.69, 9.17) is 0 Å². The molecule has 0 fully saturated rings. The van der Waals surface area contributed by atoms with Crippen LogP contribution in [-0.2, 0) is 0 Å². The van der Waals surface area contributed by atoms with Crippen LogP contribution in [0, 0.1) is 23.7 Å². The molecule has 0 spiro atoms. The van der Waals surface area contributed by atoms with Crippen LogP contribution in [0.15, 0.2) is 133 Å². The fraction of sp³-hybridized carbons (Fsp3) is 0.182. The van der Waals surface area contributed by atoms with Gasteiger partial charge < -0.3 is 9.80 Å². The quantitative estimate of drug-likeness (QED) is 0.145. The molecule has 238 valence electrons. The molecule has 0 saturated heterocycles. The molecule has 0 aliphatic heterocycles. The first-order valence-corrected chi connectivity index (χ1v) is 16.6. The molecule has 4 nitrogen and oxygen atoms in total. The normalized spacial score (nSPS) is 10.2. The molecule has 48 heavy (non-hydrogen) atoms. The highest BCUT2D eigenvalue weighted by molar-refractivity contribution is 6.06. The molecule has 0 atom stereocenters. The van der Waals surface area contributed by atoms with Gasteiger partial charge in [0.1, 0.15) is 0 Å². The van der Waals surface area contributed by atoms with Crippen molar-refractivity contribution in [3.05, 3.63) is 167 Å². The average molecular weight is 629 g/mol. The van der Waals surface area contributed by atoms with Gasteiger partial charge in [-0.2, -0.15) is 0 Å². The number of unbranched alkanes of at least 4 members (excludes halogenated alkanes) is 2. The Balaban J connectivity index is 1.31. The molecule has 0 N–H and O–H groups in total. The molecule has 5 aromatic rings. The number of hydrogen-bond donors (Lipinski definition) is 0. The maximum atomic E-state index is 13.3. The molecule has 0 aliphatic carbocycles. The van der Waals surface area contributed by atoms with Gasteiger partial charge in [-0.1, -0.05) is 98.9 Å². The van der Waals surface area contributed by atoms with E-state index in [2.05, 4.69) is 37.5 Å². The van der Waals surface area contributed by atoms with Crippen LogP contribution >= 0.6 is 0 Å². The van der Waals surface area contributed by atoms with Gasteiger partial charge in [0, 0.05) is 57.8 Å². The molecule has 2 amide bonds. The van der Waals surface area contributed by atoms with Crippen LogP contribution in [-0.4, -0.2) is 24.9 Å². The minimum atomic E-state index is -0.000446. The molecule has 0 heterocycles. The zero-order chi connectivity index (χ0) is 33.6. The molecule has 0 aliphatic rings. The largest absolute Gasteiger partial charge is 0.308 e. The summed E-state index contributed by atoms with van der Waals surface area (Å²) in [4.78, 5) is 30.3. The molecular weight excluding hydrogens is 588 g/mol. The van der Waals surface area contributed by atoms with Crippen molar-refractivity contribution in [1.29, 1.82) is 0 Å². The summed E-state index contributed by atoms with van der Waals surface area (Å²) in [5.74, 6) is 13.1. The number of hydrogen-bond acceptors (Lipinski definition) is 2. The van der Waals surface area contributed by atoms with Crippen molar-refractivity contribution in [2.24, 2.45) is 0 Å². The van der Waals surface area contributed by atoms with Gasteiger partial charge in [-0.15, -0.1) is 0 Å². The van der Waals surface area contributed by atoms with Crippen molar-refractivity contribution < 1.29 is 9.59 Å². The molecule has 0 radical (unpaired) electrons. The summed E-state index contributed by atoms with van der Waals surface area (Å²) in [5, 5.41) is 0. The topological polar surface area (TPSA) is 40.6 Å². The molecule has 0 unspecified atom stereocenters. The Morgan fingerprint density at radius 2 is 0.812 bits per heavy atom. The SMILES string of the molecule is CCCCN(C(=O)c1ccccc1)c1ccc(C#Cc2ccccc2C#Cc2ccc(N(CCCC)C(=O)c3ccccc3)cc2)cc1. The Bertz CT molecular complexity index is 1780. The predicted octanol–water partition coefficient (Wildman–Crippen LogP) is 9.38. The van der Waals surface area contributed by atoms with Crippen LogP contribution in [0.1, 0.15) is 82.5 Å².